The number of amides is 1. The van der Waals surface area contributed by atoms with Gasteiger partial charge < -0.3 is 14.8 Å². The Morgan fingerprint density at radius 3 is 2.52 bits per heavy atom. The van der Waals surface area contributed by atoms with Crippen LogP contribution in [0.1, 0.15) is 5.56 Å². The molecule has 0 saturated heterocycles. The van der Waals surface area contributed by atoms with Gasteiger partial charge >= 0.3 is 0 Å². The van der Waals surface area contributed by atoms with Crippen molar-refractivity contribution in [1.29, 1.82) is 0 Å². The maximum absolute atomic E-state index is 12.0. The number of carbonyl (C=O) groups is 1. The molecule has 6 heteroatoms. The summed E-state index contributed by atoms with van der Waals surface area (Å²) in [6.45, 7) is 0.389. The molecule has 0 aliphatic heterocycles. The molecule has 122 valence electrons. The van der Waals surface area contributed by atoms with Gasteiger partial charge in [0.1, 0.15) is 0 Å². The minimum absolute atomic E-state index is 0.0465. The predicted molar refractivity (Wildman–Crippen MR) is 93.6 cm³/mol. The Hall–Kier alpha value is -1.85. The van der Waals surface area contributed by atoms with E-state index in [1.54, 1.807) is 14.2 Å². The minimum Gasteiger partial charge on any atom is -0.493 e. The van der Waals surface area contributed by atoms with Crippen molar-refractivity contribution in [3.63, 3.8) is 0 Å². The molecule has 0 aliphatic rings. The average molecular weight is 352 g/mol. The highest BCUT2D eigenvalue weighted by molar-refractivity contribution is 8.00. The molecule has 0 saturated carbocycles. The number of methoxy groups -OCH3 is 2. The molecule has 0 fully saturated rings. The molecular weight excluding hydrogens is 334 g/mol. The number of ether oxygens (including phenoxy) is 2. The third-order valence-corrected chi connectivity index (χ3v) is 4.41. The lowest BCUT2D eigenvalue weighted by atomic mass is 10.2. The van der Waals surface area contributed by atoms with Crippen molar-refractivity contribution in [2.24, 2.45) is 0 Å². The molecule has 1 N–H and O–H groups in total. The summed E-state index contributed by atoms with van der Waals surface area (Å²) in [4.78, 5) is 13.0. The van der Waals surface area contributed by atoms with E-state index in [-0.39, 0.29) is 5.91 Å². The van der Waals surface area contributed by atoms with Crippen LogP contribution in [0, 0.1) is 0 Å². The lowest BCUT2D eigenvalue weighted by molar-refractivity contribution is -0.118. The van der Waals surface area contributed by atoms with Crippen molar-refractivity contribution < 1.29 is 14.3 Å². The number of para-hydroxylation sites is 1. The number of halogens is 1. The van der Waals surface area contributed by atoms with Gasteiger partial charge in [0.15, 0.2) is 11.5 Å². The number of nitrogens with one attached hydrogen (secondary N) is 1. The molecule has 2 rings (SSSR count). The van der Waals surface area contributed by atoms with Crippen LogP contribution in [0.3, 0.4) is 0 Å². The fraction of sp³-hybridized carbons (Fsp3) is 0.235. The molecular formula is C17H18ClNO3S. The van der Waals surface area contributed by atoms with Gasteiger partial charge in [0.25, 0.3) is 0 Å². The van der Waals surface area contributed by atoms with Gasteiger partial charge in [-0.05, 0) is 30.3 Å². The molecule has 1 amide bonds. The van der Waals surface area contributed by atoms with E-state index < -0.39 is 0 Å². The molecule has 0 atom stereocenters. The summed E-state index contributed by atoms with van der Waals surface area (Å²) in [5, 5.41) is 3.57. The topological polar surface area (TPSA) is 47.6 Å². The molecule has 2 aromatic rings. The molecule has 4 nitrogen and oxygen atoms in total. The van der Waals surface area contributed by atoms with Crippen molar-refractivity contribution >= 4 is 29.3 Å². The van der Waals surface area contributed by atoms with Crippen LogP contribution in [-0.2, 0) is 11.3 Å². The standard InChI is InChI=1S/C17H18ClNO3S/c1-21-15-5-3-4-12(17(15)22-2)10-19-16(20)11-23-14-8-6-13(18)7-9-14/h3-9H,10-11H2,1-2H3,(H,19,20). The molecule has 0 unspecified atom stereocenters. The fourth-order valence-corrected chi connectivity index (χ4v) is 2.87. The van der Waals surface area contributed by atoms with E-state index in [4.69, 9.17) is 21.1 Å². The Morgan fingerprint density at radius 2 is 1.87 bits per heavy atom. The average Bonchev–Trinajstić information content (AvgIpc) is 2.58. The molecule has 0 aliphatic carbocycles. The first kappa shape index (κ1) is 17.5. The lowest BCUT2D eigenvalue weighted by Crippen LogP contribution is -2.24. The Balaban J connectivity index is 1.88. The quantitative estimate of drug-likeness (QED) is 0.771. The second-order valence-electron chi connectivity index (χ2n) is 4.67. The van der Waals surface area contributed by atoms with Crippen LogP contribution in [0.15, 0.2) is 47.4 Å². The molecule has 0 heterocycles. The fourth-order valence-electron chi connectivity index (χ4n) is 2.02. The largest absolute Gasteiger partial charge is 0.493 e. The van der Waals surface area contributed by atoms with Crippen LogP contribution >= 0.6 is 23.4 Å². The summed E-state index contributed by atoms with van der Waals surface area (Å²) in [6.07, 6.45) is 0. The van der Waals surface area contributed by atoms with E-state index in [1.807, 2.05) is 42.5 Å². The highest BCUT2D eigenvalue weighted by atomic mass is 35.5. The smallest absolute Gasteiger partial charge is 0.230 e. The number of thioether (sulfide) groups is 1. The number of hydrogen-bond donors (Lipinski definition) is 1. The summed E-state index contributed by atoms with van der Waals surface area (Å²) < 4.78 is 10.6. The summed E-state index contributed by atoms with van der Waals surface area (Å²) in [6, 6.07) is 13.0. The van der Waals surface area contributed by atoms with E-state index in [2.05, 4.69) is 5.32 Å². The van der Waals surface area contributed by atoms with Crippen LogP contribution in [0.5, 0.6) is 11.5 Å². The number of carbonyl (C=O) groups excluding carboxylic acids is 1. The van der Waals surface area contributed by atoms with Gasteiger partial charge in [0, 0.05) is 22.0 Å². The number of rotatable bonds is 7. The Morgan fingerprint density at radius 1 is 1.13 bits per heavy atom. The lowest BCUT2D eigenvalue weighted by Gasteiger charge is -2.13. The van der Waals surface area contributed by atoms with E-state index in [9.17, 15) is 4.79 Å². The third kappa shape index (κ3) is 5.08. The van der Waals surface area contributed by atoms with Crippen LogP contribution in [-0.4, -0.2) is 25.9 Å². The number of hydrogen-bond acceptors (Lipinski definition) is 4. The van der Waals surface area contributed by atoms with Gasteiger partial charge in [-0.1, -0.05) is 23.7 Å². The zero-order valence-electron chi connectivity index (χ0n) is 13.0. The first-order chi connectivity index (χ1) is 11.1. The minimum atomic E-state index is -0.0465. The monoisotopic (exact) mass is 351 g/mol. The highest BCUT2D eigenvalue weighted by Crippen LogP contribution is 2.30. The van der Waals surface area contributed by atoms with Crippen molar-refractivity contribution in [3.8, 4) is 11.5 Å². The molecule has 0 bridgehead atoms. The Kier molecular flexibility index (Phi) is 6.62. The molecule has 23 heavy (non-hydrogen) atoms. The first-order valence-corrected chi connectivity index (χ1v) is 8.35. The van der Waals surface area contributed by atoms with Gasteiger partial charge in [0.2, 0.25) is 5.91 Å². The maximum atomic E-state index is 12.0. The van der Waals surface area contributed by atoms with E-state index in [1.165, 1.54) is 11.8 Å². The van der Waals surface area contributed by atoms with E-state index in [0.29, 0.717) is 28.8 Å². The molecule has 0 radical (unpaired) electrons. The maximum Gasteiger partial charge on any atom is 0.230 e. The van der Waals surface area contributed by atoms with Crippen LogP contribution in [0.4, 0.5) is 0 Å². The van der Waals surface area contributed by atoms with Crippen LogP contribution in [0.25, 0.3) is 0 Å². The molecule has 0 spiro atoms. The van der Waals surface area contributed by atoms with Crippen molar-refractivity contribution in [3.05, 3.63) is 53.1 Å². The summed E-state index contributed by atoms with van der Waals surface area (Å²) >= 11 is 7.30. The van der Waals surface area contributed by atoms with Gasteiger partial charge in [-0.15, -0.1) is 11.8 Å². The van der Waals surface area contributed by atoms with Gasteiger partial charge in [-0.3, -0.25) is 4.79 Å². The predicted octanol–water partition coefficient (Wildman–Crippen LogP) is 3.77. The molecule has 2 aromatic carbocycles. The zero-order valence-corrected chi connectivity index (χ0v) is 14.5. The summed E-state index contributed by atoms with van der Waals surface area (Å²) in [5.41, 5.74) is 0.872. The van der Waals surface area contributed by atoms with Crippen molar-refractivity contribution in [2.75, 3.05) is 20.0 Å². The van der Waals surface area contributed by atoms with Gasteiger partial charge in [-0.2, -0.15) is 0 Å². The SMILES string of the molecule is COc1cccc(CNC(=O)CSc2ccc(Cl)cc2)c1OC. The van der Waals surface area contributed by atoms with E-state index >= 15 is 0 Å². The highest BCUT2D eigenvalue weighted by Gasteiger charge is 2.10. The van der Waals surface area contributed by atoms with Gasteiger partial charge in [0.05, 0.1) is 20.0 Å². The molecule has 0 aromatic heterocycles. The van der Waals surface area contributed by atoms with Crippen LogP contribution < -0.4 is 14.8 Å². The van der Waals surface area contributed by atoms with Crippen molar-refractivity contribution in [1.82, 2.24) is 5.32 Å². The van der Waals surface area contributed by atoms with Crippen LogP contribution in [0.2, 0.25) is 5.02 Å². The summed E-state index contributed by atoms with van der Waals surface area (Å²) in [5.74, 6) is 1.58. The second-order valence-corrected chi connectivity index (χ2v) is 6.16. The first-order valence-electron chi connectivity index (χ1n) is 6.99. The summed E-state index contributed by atoms with van der Waals surface area (Å²) in [7, 11) is 3.17. The zero-order chi connectivity index (χ0) is 16.7. The van der Waals surface area contributed by atoms with E-state index in [0.717, 1.165) is 10.5 Å². The number of benzene rings is 2. The Labute approximate surface area is 145 Å². The second kappa shape index (κ2) is 8.70. The van der Waals surface area contributed by atoms with Crippen molar-refractivity contribution in [2.45, 2.75) is 11.4 Å². The Bertz CT molecular complexity index is 661. The third-order valence-electron chi connectivity index (χ3n) is 3.14. The normalized spacial score (nSPS) is 10.2. The van der Waals surface area contributed by atoms with Gasteiger partial charge in [-0.25, -0.2) is 0 Å².